The van der Waals surface area contributed by atoms with Gasteiger partial charge in [-0.2, -0.15) is 0 Å². The van der Waals surface area contributed by atoms with Crippen LogP contribution in [-0.2, 0) is 9.53 Å². The predicted molar refractivity (Wildman–Crippen MR) is 95.3 cm³/mol. The maximum Gasteiger partial charge on any atom is 0.249 e. The normalized spacial score (nSPS) is 17.2. The number of β-amino-alcohol motifs (C(OH)–C–C–N with tert-alkyl or cyclic N) is 1. The summed E-state index contributed by atoms with van der Waals surface area (Å²) < 4.78 is 5.25. The molecule has 128 valence electrons. The number of carbonyl (C=O) groups is 1. The molecule has 4 nitrogen and oxygen atoms in total. The van der Waals surface area contributed by atoms with E-state index < -0.39 is 0 Å². The number of benzene rings is 2. The van der Waals surface area contributed by atoms with E-state index in [1.807, 2.05) is 42.5 Å². The van der Waals surface area contributed by atoms with E-state index in [-0.39, 0.29) is 25.2 Å². The second-order valence-electron chi connectivity index (χ2n) is 5.19. The van der Waals surface area contributed by atoms with Crippen LogP contribution in [0.15, 0.2) is 54.6 Å². The zero-order valence-electron chi connectivity index (χ0n) is 13.1. The van der Waals surface area contributed by atoms with Crippen molar-refractivity contribution >= 4 is 29.1 Å². The zero-order valence-corrected chi connectivity index (χ0v) is 14.6. The topological polar surface area (TPSA) is 49.8 Å². The van der Waals surface area contributed by atoms with E-state index in [0.29, 0.717) is 18.2 Å². The first kappa shape index (κ1) is 18.7. The third-order valence-corrected chi connectivity index (χ3v) is 4.03. The summed E-state index contributed by atoms with van der Waals surface area (Å²) in [5.41, 5.74) is 0.968. The molecule has 6 heteroatoms. The van der Waals surface area contributed by atoms with Gasteiger partial charge in [-0.25, -0.2) is 0 Å². The fraction of sp³-hybridized carbons (Fsp3) is 0.278. The lowest BCUT2D eigenvalue weighted by Gasteiger charge is -2.35. The SMILES string of the molecule is Clc1ccccc1.O=C1COCC(c2ccc(Cl)cc2)N1CCO. The molecule has 1 atom stereocenters. The summed E-state index contributed by atoms with van der Waals surface area (Å²) in [6.07, 6.45) is 0. The third-order valence-electron chi connectivity index (χ3n) is 3.53. The maximum absolute atomic E-state index is 11.7. The van der Waals surface area contributed by atoms with Gasteiger partial charge in [-0.05, 0) is 29.8 Å². The molecule has 0 spiro atoms. The quantitative estimate of drug-likeness (QED) is 0.901. The van der Waals surface area contributed by atoms with E-state index in [1.54, 1.807) is 17.0 Å². The molecule has 1 N–H and O–H groups in total. The molecule has 0 bridgehead atoms. The molecule has 24 heavy (non-hydrogen) atoms. The minimum Gasteiger partial charge on any atom is -0.395 e. The number of morpholine rings is 1. The molecule has 1 saturated heterocycles. The van der Waals surface area contributed by atoms with E-state index in [9.17, 15) is 4.79 Å². The van der Waals surface area contributed by atoms with Gasteiger partial charge in [0.25, 0.3) is 0 Å². The molecule has 0 aliphatic carbocycles. The molecule has 2 aromatic carbocycles. The average molecular weight is 368 g/mol. The van der Waals surface area contributed by atoms with Crippen LogP contribution in [-0.4, -0.2) is 42.3 Å². The highest BCUT2D eigenvalue weighted by atomic mass is 35.5. The predicted octanol–water partition coefficient (Wildman–Crippen LogP) is 3.57. The fourth-order valence-electron chi connectivity index (χ4n) is 2.37. The van der Waals surface area contributed by atoms with E-state index in [4.69, 9.17) is 33.0 Å². The smallest absolute Gasteiger partial charge is 0.249 e. The number of hydrogen-bond acceptors (Lipinski definition) is 3. The largest absolute Gasteiger partial charge is 0.395 e. The summed E-state index contributed by atoms with van der Waals surface area (Å²) in [6.45, 7) is 0.822. The number of nitrogens with zero attached hydrogens (tertiary/aromatic N) is 1. The Kier molecular flexibility index (Phi) is 7.53. The van der Waals surface area contributed by atoms with Crippen LogP contribution < -0.4 is 0 Å². The van der Waals surface area contributed by atoms with Gasteiger partial charge in [0.1, 0.15) is 6.61 Å². The van der Waals surface area contributed by atoms with Crippen LogP contribution in [0.4, 0.5) is 0 Å². The Morgan fingerprint density at radius 2 is 1.67 bits per heavy atom. The number of ether oxygens (including phenoxy) is 1. The number of aliphatic hydroxyl groups is 1. The summed E-state index contributed by atoms with van der Waals surface area (Å²) in [7, 11) is 0. The standard InChI is InChI=1S/C12H14ClNO3.C6H5Cl/c13-10-3-1-9(2-4-10)11-7-17-8-12(16)14(11)5-6-15;7-6-4-2-1-3-5-6/h1-4,11,15H,5-8H2;1-5H. The molecule has 1 unspecified atom stereocenters. The monoisotopic (exact) mass is 367 g/mol. The van der Waals surface area contributed by atoms with Crippen LogP contribution in [0.2, 0.25) is 10.0 Å². The van der Waals surface area contributed by atoms with Crippen molar-refractivity contribution in [3.05, 3.63) is 70.2 Å². The van der Waals surface area contributed by atoms with Crippen LogP contribution in [0.3, 0.4) is 0 Å². The molecule has 1 aliphatic heterocycles. The molecule has 1 amide bonds. The lowest BCUT2D eigenvalue weighted by Crippen LogP contribution is -2.45. The van der Waals surface area contributed by atoms with Crippen molar-refractivity contribution in [3.63, 3.8) is 0 Å². The summed E-state index contributed by atoms with van der Waals surface area (Å²) >= 11 is 11.4. The molecule has 2 aromatic rings. The van der Waals surface area contributed by atoms with Crippen molar-refractivity contribution in [2.45, 2.75) is 6.04 Å². The van der Waals surface area contributed by atoms with Crippen molar-refractivity contribution in [1.82, 2.24) is 4.90 Å². The van der Waals surface area contributed by atoms with E-state index >= 15 is 0 Å². The molecule has 0 aromatic heterocycles. The highest BCUT2D eigenvalue weighted by Crippen LogP contribution is 2.25. The van der Waals surface area contributed by atoms with E-state index in [1.165, 1.54) is 0 Å². The highest BCUT2D eigenvalue weighted by molar-refractivity contribution is 6.30. The minimum atomic E-state index is -0.138. The molecule has 1 heterocycles. The number of halogens is 2. The van der Waals surface area contributed by atoms with Crippen LogP contribution in [0.25, 0.3) is 0 Å². The Morgan fingerprint density at radius 3 is 2.21 bits per heavy atom. The first-order chi connectivity index (χ1) is 11.6. The Morgan fingerprint density at radius 1 is 1.04 bits per heavy atom. The van der Waals surface area contributed by atoms with Crippen LogP contribution in [0.5, 0.6) is 0 Å². The Hall–Kier alpha value is -1.59. The van der Waals surface area contributed by atoms with Gasteiger partial charge in [0, 0.05) is 16.6 Å². The van der Waals surface area contributed by atoms with Crippen molar-refractivity contribution in [2.75, 3.05) is 26.4 Å². The van der Waals surface area contributed by atoms with Gasteiger partial charge in [0.05, 0.1) is 19.3 Å². The molecular formula is C18H19Cl2NO3. The number of aliphatic hydroxyl groups excluding tert-OH is 1. The minimum absolute atomic E-state index is 0.0458. The van der Waals surface area contributed by atoms with Crippen LogP contribution >= 0.6 is 23.2 Å². The third kappa shape index (κ3) is 5.49. The van der Waals surface area contributed by atoms with Gasteiger partial charge in [-0.1, -0.05) is 53.5 Å². The van der Waals surface area contributed by atoms with Crippen molar-refractivity contribution in [1.29, 1.82) is 0 Å². The van der Waals surface area contributed by atoms with E-state index in [0.717, 1.165) is 10.6 Å². The van der Waals surface area contributed by atoms with Gasteiger partial charge in [-0.15, -0.1) is 0 Å². The highest BCUT2D eigenvalue weighted by Gasteiger charge is 2.29. The number of rotatable bonds is 3. The molecular weight excluding hydrogens is 349 g/mol. The zero-order chi connectivity index (χ0) is 17.4. The number of carbonyl (C=O) groups excluding carboxylic acids is 1. The maximum atomic E-state index is 11.7. The summed E-state index contributed by atoms with van der Waals surface area (Å²) in [5.74, 6) is -0.0924. The lowest BCUT2D eigenvalue weighted by molar-refractivity contribution is -0.149. The summed E-state index contributed by atoms with van der Waals surface area (Å²) in [4.78, 5) is 13.3. The van der Waals surface area contributed by atoms with E-state index in [2.05, 4.69) is 0 Å². The van der Waals surface area contributed by atoms with Gasteiger partial charge < -0.3 is 14.7 Å². The fourth-order valence-corrected chi connectivity index (χ4v) is 2.64. The Labute approximate surface area is 151 Å². The van der Waals surface area contributed by atoms with Gasteiger partial charge >= 0.3 is 0 Å². The second-order valence-corrected chi connectivity index (χ2v) is 6.06. The van der Waals surface area contributed by atoms with Crippen molar-refractivity contribution in [3.8, 4) is 0 Å². The molecule has 0 saturated carbocycles. The number of hydrogen-bond donors (Lipinski definition) is 1. The van der Waals surface area contributed by atoms with Gasteiger partial charge in [0.2, 0.25) is 5.91 Å². The summed E-state index contributed by atoms with van der Waals surface area (Å²) in [6, 6.07) is 16.6. The van der Waals surface area contributed by atoms with Gasteiger partial charge in [0.15, 0.2) is 0 Å². The molecule has 1 fully saturated rings. The first-order valence-electron chi connectivity index (χ1n) is 7.56. The van der Waals surface area contributed by atoms with Crippen molar-refractivity contribution in [2.24, 2.45) is 0 Å². The van der Waals surface area contributed by atoms with Crippen molar-refractivity contribution < 1.29 is 14.6 Å². The molecule has 3 rings (SSSR count). The first-order valence-corrected chi connectivity index (χ1v) is 8.31. The lowest BCUT2D eigenvalue weighted by atomic mass is 10.0. The molecule has 0 radical (unpaired) electrons. The molecule has 1 aliphatic rings. The Bertz CT molecular complexity index is 634. The van der Waals surface area contributed by atoms with Crippen LogP contribution in [0, 0.1) is 0 Å². The Balaban J connectivity index is 0.000000249. The number of amides is 1. The summed E-state index contributed by atoms with van der Waals surface area (Å²) in [5, 5.41) is 10.4. The van der Waals surface area contributed by atoms with Crippen LogP contribution in [0.1, 0.15) is 11.6 Å². The average Bonchev–Trinajstić information content (AvgIpc) is 2.59. The second kappa shape index (κ2) is 9.64. The van der Waals surface area contributed by atoms with Gasteiger partial charge in [-0.3, -0.25) is 4.79 Å².